The summed E-state index contributed by atoms with van der Waals surface area (Å²) in [6, 6.07) is 0. The Labute approximate surface area is 85.1 Å². The Balaban J connectivity index is 2.05. The molecule has 12 heavy (non-hydrogen) atoms. The van der Waals surface area contributed by atoms with Crippen molar-refractivity contribution in [2.75, 3.05) is 19.7 Å². The number of alkyl carbamates (subject to hydrolysis) is 1. The summed E-state index contributed by atoms with van der Waals surface area (Å²) < 4.78 is 7.12. The molecule has 2 aliphatic rings. The van der Waals surface area contributed by atoms with E-state index in [1.54, 1.807) is 0 Å². The van der Waals surface area contributed by atoms with Crippen molar-refractivity contribution in [3.63, 3.8) is 0 Å². The van der Waals surface area contributed by atoms with E-state index >= 15 is 0 Å². The summed E-state index contributed by atoms with van der Waals surface area (Å²) in [4.78, 5) is 10.9. The first kappa shape index (κ1) is 8.55. The van der Waals surface area contributed by atoms with Crippen LogP contribution in [0.15, 0.2) is 0 Å². The summed E-state index contributed by atoms with van der Waals surface area (Å²) in [6.45, 7) is 2.54. The predicted molar refractivity (Wildman–Crippen MR) is 52.0 cm³/mol. The normalized spacial score (nSPS) is 36.6. The zero-order chi connectivity index (χ0) is 8.60. The number of ether oxygens (including phenoxy) is 1. The fraction of sp³-hybridized carbons (Fsp3) is 0.857. The maximum Gasteiger partial charge on any atom is 0.407 e. The first-order valence-corrected chi connectivity index (χ1v) is 5.02. The average Bonchev–Trinajstić information content (AvgIpc) is 2.32. The molecule has 0 bridgehead atoms. The number of carbonyl (C=O) groups is 1. The van der Waals surface area contributed by atoms with Crippen LogP contribution in [-0.2, 0) is 4.74 Å². The molecule has 1 atom stereocenters. The first-order chi connectivity index (χ1) is 5.70. The van der Waals surface area contributed by atoms with Gasteiger partial charge in [0.1, 0.15) is 6.61 Å². The highest BCUT2D eigenvalue weighted by Gasteiger charge is 2.42. The SMILES string of the molecule is O=C1NC2(CCCN(I)C2)CO1. The van der Waals surface area contributed by atoms with Gasteiger partial charge in [0.15, 0.2) is 0 Å². The van der Waals surface area contributed by atoms with Crippen LogP contribution >= 0.6 is 22.9 Å². The molecule has 0 radical (unpaired) electrons. The van der Waals surface area contributed by atoms with Gasteiger partial charge in [-0.25, -0.2) is 7.91 Å². The van der Waals surface area contributed by atoms with Gasteiger partial charge in [-0.15, -0.1) is 0 Å². The minimum atomic E-state index is -0.262. The molecule has 2 saturated heterocycles. The van der Waals surface area contributed by atoms with E-state index in [0.717, 1.165) is 25.9 Å². The summed E-state index contributed by atoms with van der Waals surface area (Å²) in [6.07, 6.45) is 1.91. The third kappa shape index (κ3) is 1.52. The molecule has 0 aromatic heterocycles. The van der Waals surface area contributed by atoms with E-state index in [1.165, 1.54) is 0 Å². The lowest BCUT2D eigenvalue weighted by Crippen LogP contribution is -2.53. The lowest BCUT2D eigenvalue weighted by Gasteiger charge is -2.35. The van der Waals surface area contributed by atoms with E-state index in [2.05, 4.69) is 31.3 Å². The van der Waals surface area contributed by atoms with Gasteiger partial charge in [-0.2, -0.15) is 0 Å². The van der Waals surface area contributed by atoms with Crippen molar-refractivity contribution >= 4 is 29.0 Å². The minimum absolute atomic E-state index is 0.0868. The average molecular weight is 282 g/mol. The van der Waals surface area contributed by atoms with E-state index in [-0.39, 0.29) is 11.6 Å². The Bertz CT molecular complexity index is 212. The van der Waals surface area contributed by atoms with E-state index < -0.39 is 0 Å². The predicted octanol–water partition coefficient (Wildman–Crippen LogP) is 0.911. The highest BCUT2D eigenvalue weighted by molar-refractivity contribution is 14.1. The molecule has 1 N–H and O–H groups in total. The summed E-state index contributed by atoms with van der Waals surface area (Å²) in [5, 5.41) is 2.89. The van der Waals surface area contributed by atoms with Crippen molar-refractivity contribution in [2.45, 2.75) is 18.4 Å². The van der Waals surface area contributed by atoms with Crippen LogP contribution in [0.3, 0.4) is 0 Å². The third-order valence-electron chi connectivity index (χ3n) is 2.38. The molecule has 0 aromatic rings. The van der Waals surface area contributed by atoms with Crippen molar-refractivity contribution in [1.29, 1.82) is 0 Å². The van der Waals surface area contributed by atoms with Crippen molar-refractivity contribution in [3.8, 4) is 0 Å². The van der Waals surface area contributed by atoms with Gasteiger partial charge < -0.3 is 10.1 Å². The number of hydrogen-bond donors (Lipinski definition) is 1. The number of cyclic esters (lactones) is 1. The summed E-state index contributed by atoms with van der Waals surface area (Å²) in [5.41, 5.74) is -0.0868. The molecule has 2 rings (SSSR count). The molecular formula is C7H11IN2O2. The topological polar surface area (TPSA) is 41.6 Å². The molecule has 5 heteroatoms. The number of piperidine rings is 1. The Kier molecular flexibility index (Phi) is 2.16. The zero-order valence-corrected chi connectivity index (χ0v) is 8.83. The van der Waals surface area contributed by atoms with Crippen molar-refractivity contribution in [1.82, 2.24) is 8.43 Å². The van der Waals surface area contributed by atoms with Crippen LogP contribution in [0.25, 0.3) is 0 Å². The van der Waals surface area contributed by atoms with E-state index in [1.807, 2.05) is 0 Å². The van der Waals surface area contributed by atoms with Crippen LogP contribution < -0.4 is 5.32 Å². The third-order valence-corrected chi connectivity index (χ3v) is 3.20. The monoisotopic (exact) mass is 282 g/mol. The summed E-state index contributed by atoms with van der Waals surface area (Å²) in [7, 11) is 0. The highest BCUT2D eigenvalue weighted by Crippen LogP contribution is 2.26. The van der Waals surface area contributed by atoms with Crippen molar-refractivity contribution in [3.05, 3.63) is 0 Å². The second kappa shape index (κ2) is 3.02. The van der Waals surface area contributed by atoms with Crippen LogP contribution in [-0.4, -0.2) is 34.4 Å². The Morgan fingerprint density at radius 2 is 2.50 bits per heavy atom. The van der Waals surface area contributed by atoms with Crippen LogP contribution in [0.5, 0.6) is 0 Å². The lowest BCUT2D eigenvalue weighted by atomic mass is 9.92. The molecule has 0 aromatic carbocycles. The van der Waals surface area contributed by atoms with Crippen molar-refractivity contribution in [2.24, 2.45) is 0 Å². The summed E-state index contributed by atoms with van der Waals surface area (Å²) >= 11 is 2.29. The fourth-order valence-electron chi connectivity index (χ4n) is 1.79. The van der Waals surface area contributed by atoms with Gasteiger partial charge in [-0.05, 0) is 12.8 Å². The Hall–Kier alpha value is -0.0400. The number of halogens is 1. The van der Waals surface area contributed by atoms with Gasteiger partial charge in [0.2, 0.25) is 0 Å². The number of nitrogens with zero attached hydrogens (tertiary/aromatic N) is 1. The second-order valence-corrected chi connectivity index (χ2v) is 4.79. The molecular weight excluding hydrogens is 271 g/mol. The van der Waals surface area contributed by atoms with Gasteiger partial charge in [0, 0.05) is 36.0 Å². The van der Waals surface area contributed by atoms with E-state index in [0.29, 0.717) is 6.61 Å². The maximum atomic E-state index is 10.9. The van der Waals surface area contributed by atoms with E-state index in [4.69, 9.17) is 4.74 Å². The zero-order valence-electron chi connectivity index (χ0n) is 6.68. The van der Waals surface area contributed by atoms with E-state index in [9.17, 15) is 4.79 Å². The van der Waals surface area contributed by atoms with Crippen LogP contribution in [0.4, 0.5) is 4.79 Å². The molecule has 4 nitrogen and oxygen atoms in total. The number of amides is 1. The second-order valence-electron chi connectivity index (χ2n) is 3.43. The largest absolute Gasteiger partial charge is 0.447 e. The van der Waals surface area contributed by atoms with Crippen molar-refractivity contribution < 1.29 is 9.53 Å². The number of carbonyl (C=O) groups excluding carboxylic acids is 1. The van der Waals surface area contributed by atoms with Gasteiger partial charge in [0.05, 0.1) is 5.54 Å². The van der Waals surface area contributed by atoms with Gasteiger partial charge in [-0.1, -0.05) is 0 Å². The number of nitrogens with one attached hydrogen (secondary N) is 1. The fourth-order valence-corrected chi connectivity index (χ4v) is 2.78. The first-order valence-electron chi connectivity index (χ1n) is 4.06. The van der Waals surface area contributed by atoms with Gasteiger partial charge in [0.25, 0.3) is 0 Å². The molecule has 2 aliphatic heterocycles. The minimum Gasteiger partial charge on any atom is -0.447 e. The Morgan fingerprint density at radius 3 is 3.08 bits per heavy atom. The smallest absolute Gasteiger partial charge is 0.407 e. The molecule has 0 aliphatic carbocycles. The standard InChI is InChI=1S/C7H11IN2O2/c8-10-3-1-2-7(4-10)5-12-6(11)9-7/h1-5H2,(H,9,11). The maximum absolute atomic E-state index is 10.9. The summed E-state index contributed by atoms with van der Waals surface area (Å²) in [5.74, 6) is 0. The number of rotatable bonds is 0. The molecule has 2 fully saturated rings. The molecule has 2 heterocycles. The molecule has 68 valence electrons. The quantitative estimate of drug-likeness (QED) is 0.530. The van der Waals surface area contributed by atoms with Gasteiger partial charge >= 0.3 is 6.09 Å². The number of hydrogen-bond acceptors (Lipinski definition) is 3. The molecule has 0 saturated carbocycles. The molecule has 1 amide bonds. The molecule has 1 unspecified atom stereocenters. The lowest BCUT2D eigenvalue weighted by molar-refractivity contribution is 0.161. The van der Waals surface area contributed by atoms with Gasteiger partial charge in [-0.3, -0.25) is 0 Å². The van der Waals surface area contributed by atoms with Crippen LogP contribution in [0, 0.1) is 0 Å². The Morgan fingerprint density at radius 1 is 1.67 bits per heavy atom. The highest BCUT2D eigenvalue weighted by atomic mass is 127. The van der Waals surface area contributed by atoms with Crippen LogP contribution in [0.1, 0.15) is 12.8 Å². The molecule has 1 spiro atoms. The van der Waals surface area contributed by atoms with Crippen LogP contribution in [0.2, 0.25) is 0 Å².